The molecule has 1 aromatic carbocycles. The number of para-hydroxylation sites is 2. The van der Waals surface area contributed by atoms with Crippen LogP contribution in [-0.2, 0) is 0 Å². The molecule has 1 heterocycles. The van der Waals surface area contributed by atoms with Crippen molar-refractivity contribution in [2.45, 2.75) is 20.8 Å². The van der Waals surface area contributed by atoms with Crippen LogP contribution in [0.5, 0.6) is 5.75 Å². The van der Waals surface area contributed by atoms with Gasteiger partial charge in [-0.1, -0.05) is 12.1 Å². The molecule has 0 saturated carbocycles. The highest BCUT2D eigenvalue weighted by atomic mass is 35.5. The summed E-state index contributed by atoms with van der Waals surface area (Å²) in [7, 11) is 0. The van der Waals surface area contributed by atoms with E-state index < -0.39 is 0 Å². The number of aromatic nitrogens is 2. The minimum atomic E-state index is 0. The Morgan fingerprint density at radius 2 is 1.74 bits per heavy atom. The molecular weight excluding hydrogens is 262 g/mol. The molecule has 0 unspecified atom stereocenters. The second kappa shape index (κ2) is 6.95. The molecule has 0 amide bonds. The highest BCUT2D eigenvalue weighted by molar-refractivity contribution is 5.85. The molecule has 4 nitrogen and oxygen atoms in total. The van der Waals surface area contributed by atoms with E-state index in [4.69, 9.17) is 4.74 Å². The summed E-state index contributed by atoms with van der Waals surface area (Å²) in [5.41, 5.74) is 2.77. The number of aryl methyl sites for hydroxylation is 2. The smallest absolute Gasteiger partial charge is 0.227 e. The first-order valence-corrected chi connectivity index (χ1v) is 6.00. The van der Waals surface area contributed by atoms with Crippen LogP contribution >= 0.6 is 12.4 Å². The van der Waals surface area contributed by atoms with Gasteiger partial charge in [0, 0.05) is 11.4 Å². The summed E-state index contributed by atoms with van der Waals surface area (Å²) >= 11 is 0. The van der Waals surface area contributed by atoms with Gasteiger partial charge in [-0.05, 0) is 39.0 Å². The van der Waals surface area contributed by atoms with E-state index >= 15 is 0 Å². The first-order valence-electron chi connectivity index (χ1n) is 6.00. The lowest BCUT2D eigenvalue weighted by Gasteiger charge is -2.11. The SMILES string of the molecule is CCOc1ccccc1Nc1nc(C)cc(C)n1.Cl. The van der Waals surface area contributed by atoms with Crippen LogP contribution in [0.1, 0.15) is 18.3 Å². The Balaban J connectivity index is 0.00000180. The van der Waals surface area contributed by atoms with Crippen molar-refractivity contribution in [3.63, 3.8) is 0 Å². The number of hydrogen-bond acceptors (Lipinski definition) is 4. The maximum Gasteiger partial charge on any atom is 0.227 e. The zero-order valence-electron chi connectivity index (χ0n) is 11.3. The van der Waals surface area contributed by atoms with Crippen molar-refractivity contribution in [3.8, 4) is 5.75 Å². The Kier molecular flexibility index (Phi) is 5.57. The van der Waals surface area contributed by atoms with Crippen LogP contribution in [-0.4, -0.2) is 16.6 Å². The van der Waals surface area contributed by atoms with Crippen molar-refractivity contribution in [3.05, 3.63) is 41.7 Å². The van der Waals surface area contributed by atoms with Crippen LogP contribution in [0.2, 0.25) is 0 Å². The van der Waals surface area contributed by atoms with E-state index in [0.717, 1.165) is 22.8 Å². The van der Waals surface area contributed by atoms with Crippen molar-refractivity contribution in [1.29, 1.82) is 0 Å². The summed E-state index contributed by atoms with van der Waals surface area (Å²) in [6, 6.07) is 9.71. The molecule has 0 radical (unpaired) electrons. The van der Waals surface area contributed by atoms with Gasteiger partial charge < -0.3 is 10.1 Å². The van der Waals surface area contributed by atoms with Crippen molar-refractivity contribution in [1.82, 2.24) is 9.97 Å². The van der Waals surface area contributed by atoms with E-state index in [-0.39, 0.29) is 12.4 Å². The fraction of sp³-hybridized carbons (Fsp3) is 0.286. The molecule has 2 rings (SSSR count). The minimum absolute atomic E-state index is 0. The Hall–Kier alpha value is -1.81. The average molecular weight is 280 g/mol. The van der Waals surface area contributed by atoms with Gasteiger partial charge in [0.05, 0.1) is 12.3 Å². The number of rotatable bonds is 4. The molecule has 0 saturated heterocycles. The number of anilines is 2. The van der Waals surface area contributed by atoms with Crippen molar-refractivity contribution >= 4 is 24.0 Å². The number of halogens is 1. The van der Waals surface area contributed by atoms with Crippen molar-refractivity contribution in [2.24, 2.45) is 0 Å². The normalized spacial score (nSPS) is 9.63. The number of nitrogens with zero attached hydrogens (tertiary/aromatic N) is 2. The lowest BCUT2D eigenvalue weighted by atomic mass is 10.3. The molecule has 0 fully saturated rings. The zero-order chi connectivity index (χ0) is 13.0. The van der Waals surface area contributed by atoms with E-state index in [1.54, 1.807) is 0 Å². The first-order chi connectivity index (χ1) is 8.69. The Bertz CT molecular complexity index is 526. The largest absolute Gasteiger partial charge is 0.492 e. The third-order valence-electron chi connectivity index (χ3n) is 2.42. The molecule has 0 aliphatic heterocycles. The third-order valence-corrected chi connectivity index (χ3v) is 2.42. The van der Waals surface area contributed by atoms with E-state index in [0.29, 0.717) is 12.6 Å². The number of ether oxygens (including phenoxy) is 1. The monoisotopic (exact) mass is 279 g/mol. The van der Waals surface area contributed by atoms with Crippen LogP contribution in [0.15, 0.2) is 30.3 Å². The summed E-state index contributed by atoms with van der Waals surface area (Å²) in [5.74, 6) is 1.41. The van der Waals surface area contributed by atoms with Gasteiger partial charge in [-0.25, -0.2) is 9.97 Å². The second-order valence-corrected chi connectivity index (χ2v) is 4.03. The fourth-order valence-electron chi connectivity index (χ4n) is 1.75. The topological polar surface area (TPSA) is 47.0 Å². The van der Waals surface area contributed by atoms with Crippen molar-refractivity contribution in [2.75, 3.05) is 11.9 Å². The lowest BCUT2D eigenvalue weighted by molar-refractivity contribution is 0.342. The van der Waals surface area contributed by atoms with Gasteiger partial charge in [0.1, 0.15) is 5.75 Å². The summed E-state index contributed by atoms with van der Waals surface area (Å²) in [4.78, 5) is 8.71. The molecule has 0 atom stereocenters. The van der Waals surface area contributed by atoms with Crippen molar-refractivity contribution < 1.29 is 4.74 Å². The molecule has 102 valence electrons. The minimum Gasteiger partial charge on any atom is -0.492 e. The molecule has 0 spiro atoms. The number of hydrogen-bond donors (Lipinski definition) is 1. The van der Waals surface area contributed by atoms with Gasteiger partial charge in [-0.15, -0.1) is 12.4 Å². The molecule has 1 N–H and O–H groups in total. The van der Waals surface area contributed by atoms with Crippen LogP contribution in [0.25, 0.3) is 0 Å². The van der Waals surface area contributed by atoms with Gasteiger partial charge in [0.15, 0.2) is 0 Å². The molecule has 5 heteroatoms. The second-order valence-electron chi connectivity index (χ2n) is 4.03. The maximum atomic E-state index is 5.55. The van der Waals surface area contributed by atoms with E-state index in [2.05, 4.69) is 15.3 Å². The first kappa shape index (κ1) is 15.2. The molecule has 19 heavy (non-hydrogen) atoms. The van der Waals surface area contributed by atoms with Crippen LogP contribution in [0.4, 0.5) is 11.6 Å². The molecule has 0 bridgehead atoms. The van der Waals surface area contributed by atoms with E-state index in [1.165, 1.54) is 0 Å². The standard InChI is InChI=1S/C14H17N3O.ClH/c1-4-18-13-8-6-5-7-12(13)17-14-15-10(2)9-11(3)16-14;/h5-9H,4H2,1-3H3,(H,15,16,17);1H. The molecular formula is C14H18ClN3O. The Labute approximate surface area is 119 Å². The number of benzene rings is 1. The van der Waals surface area contributed by atoms with Gasteiger partial charge in [-0.2, -0.15) is 0 Å². The van der Waals surface area contributed by atoms with Crippen LogP contribution in [0, 0.1) is 13.8 Å². The summed E-state index contributed by atoms with van der Waals surface area (Å²) in [5, 5.41) is 3.19. The quantitative estimate of drug-likeness (QED) is 0.928. The molecule has 0 aliphatic carbocycles. The Morgan fingerprint density at radius 1 is 1.11 bits per heavy atom. The van der Waals surface area contributed by atoms with Crippen LogP contribution < -0.4 is 10.1 Å². The van der Waals surface area contributed by atoms with E-state index in [1.807, 2.05) is 51.1 Å². The molecule has 2 aromatic rings. The molecule has 1 aromatic heterocycles. The predicted molar refractivity (Wildman–Crippen MR) is 79.6 cm³/mol. The summed E-state index contributed by atoms with van der Waals surface area (Å²) < 4.78 is 5.55. The van der Waals surface area contributed by atoms with Gasteiger partial charge >= 0.3 is 0 Å². The highest BCUT2D eigenvalue weighted by Gasteiger charge is 2.05. The summed E-state index contributed by atoms with van der Waals surface area (Å²) in [6.45, 7) is 6.50. The fourth-order valence-corrected chi connectivity index (χ4v) is 1.75. The third kappa shape index (κ3) is 4.10. The lowest BCUT2D eigenvalue weighted by Crippen LogP contribution is -2.02. The van der Waals surface area contributed by atoms with Gasteiger partial charge in [-0.3, -0.25) is 0 Å². The Morgan fingerprint density at radius 3 is 2.37 bits per heavy atom. The highest BCUT2D eigenvalue weighted by Crippen LogP contribution is 2.26. The summed E-state index contributed by atoms with van der Waals surface area (Å²) in [6.07, 6.45) is 0. The van der Waals surface area contributed by atoms with Gasteiger partial charge in [0.25, 0.3) is 0 Å². The maximum absolute atomic E-state index is 5.55. The zero-order valence-corrected chi connectivity index (χ0v) is 12.1. The predicted octanol–water partition coefficient (Wildman–Crippen LogP) is 3.66. The van der Waals surface area contributed by atoms with E-state index in [9.17, 15) is 0 Å². The molecule has 0 aliphatic rings. The average Bonchev–Trinajstić information content (AvgIpc) is 2.30. The van der Waals surface area contributed by atoms with Crippen LogP contribution in [0.3, 0.4) is 0 Å². The van der Waals surface area contributed by atoms with Gasteiger partial charge in [0.2, 0.25) is 5.95 Å². The number of nitrogens with one attached hydrogen (secondary N) is 1.